The molecule has 114 valence electrons. The first-order chi connectivity index (χ1) is 9.83. The molecule has 0 saturated heterocycles. The van der Waals surface area contributed by atoms with Crippen molar-refractivity contribution in [2.75, 3.05) is 13.6 Å². The van der Waals surface area contributed by atoms with Crippen molar-refractivity contribution in [1.82, 2.24) is 10.0 Å². The van der Waals surface area contributed by atoms with E-state index in [-0.39, 0.29) is 17.2 Å². The number of nitrogens with one attached hydrogen (secondary N) is 2. The third kappa shape index (κ3) is 3.41. The number of aliphatic hydroxyl groups is 1. The molecule has 1 heterocycles. The highest BCUT2D eigenvalue weighted by Crippen LogP contribution is 2.22. The lowest BCUT2D eigenvalue weighted by atomic mass is 10.2. The Morgan fingerprint density at radius 2 is 2.10 bits per heavy atom. The summed E-state index contributed by atoms with van der Waals surface area (Å²) in [7, 11) is -2.22. The van der Waals surface area contributed by atoms with Crippen molar-refractivity contribution in [1.29, 1.82) is 0 Å². The van der Waals surface area contributed by atoms with E-state index in [9.17, 15) is 13.2 Å². The van der Waals surface area contributed by atoms with Crippen LogP contribution in [0, 0.1) is 0 Å². The summed E-state index contributed by atoms with van der Waals surface area (Å²) in [4.78, 5) is 11.9. The molecule has 0 aliphatic rings. The molecule has 0 radical (unpaired) electrons. The van der Waals surface area contributed by atoms with Crippen LogP contribution in [0.25, 0.3) is 11.0 Å². The molecule has 21 heavy (non-hydrogen) atoms. The number of hydrogen-bond donors (Lipinski definition) is 3. The zero-order chi connectivity index (χ0) is 15.6. The standard InChI is InChI=1S/C13H16N2O5S/c1-8(16)7-15-13(17)12-6-9-5-10(21(18,19)14-2)3-4-11(9)20-12/h3-6,8,14,16H,7H2,1-2H3,(H,15,17). The van der Waals surface area contributed by atoms with Gasteiger partial charge < -0.3 is 14.8 Å². The first kappa shape index (κ1) is 15.5. The Hall–Kier alpha value is -1.90. The van der Waals surface area contributed by atoms with E-state index in [1.807, 2.05) is 0 Å². The van der Waals surface area contributed by atoms with Gasteiger partial charge in [-0.3, -0.25) is 4.79 Å². The Labute approximate surface area is 122 Å². The Morgan fingerprint density at radius 3 is 2.71 bits per heavy atom. The third-order valence-corrected chi connectivity index (χ3v) is 4.26. The summed E-state index contributed by atoms with van der Waals surface area (Å²) in [5.41, 5.74) is 0.409. The van der Waals surface area contributed by atoms with E-state index in [4.69, 9.17) is 9.52 Å². The molecule has 3 N–H and O–H groups in total. The second-order valence-electron chi connectivity index (χ2n) is 4.58. The largest absolute Gasteiger partial charge is 0.451 e. The van der Waals surface area contributed by atoms with Crippen LogP contribution in [0.4, 0.5) is 0 Å². The van der Waals surface area contributed by atoms with Gasteiger partial charge in [-0.1, -0.05) is 0 Å². The molecule has 1 aromatic heterocycles. The van der Waals surface area contributed by atoms with E-state index in [1.54, 1.807) is 6.92 Å². The Bertz CT molecular complexity index is 764. The van der Waals surface area contributed by atoms with E-state index >= 15 is 0 Å². The van der Waals surface area contributed by atoms with Crippen molar-refractivity contribution < 1.29 is 22.7 Å². The van der Waals surface area contributed by atoms with E-state index in [1.165, 1.54) is 31.3 Å². The highest BCUT2D eigenvalue weighted by molar-refractivity contribution is 7.89. The maximum atomic E-state index is 11.8. The van der Waals surface area contributed by atoms with Crippen LogP contribution in [-0.4, -0.2) is 39.1 Å². The summed E-state index contributed by atoms with van der Waals surface area (Å²) in [6.07, 6.45) is -0.661. The zero-order valence-electron chi connectivity index (χ0n) is 11.6. The van der Waals surface area contributed by atoms with Crippen LogP contribution < -0.4 is 10.0 Å². The van der Waals surface area contributed by atoms with Crippen LogP contribution in [0.2, 0.25) is 0 Å². The molecule has 0 aliphatic carbocycles. The van der Waals surface area contributed by atoms with Gasteiger partial charge in [0.15, 0.2) is 5.76 Å². The molecule has 1 unspecified atom stereocenters. The number of carbonyl (C=O) groups excluding carboxylic acids is 1. The third-order valence-electron chi connectivity index (χ3n) is 2.85. The lowest BCUT2D eigenvalue weighted by molar-refractivity contribution is 0.0898. The molecule has 8 heteroatoms. The van der Waals surface area contributed by atoms with Crippen LogP contribution in [0.3, 0.4) is 0 Å². The van der Waals surface area contributed by atoms with E-state index in [2.05, 4.69) is 10.0 Å². The minimum absolute atomic E-state index is 0.0599. The number of carbonyl (C=O) groups is 1. The first-order valence-corrected chi connectivity index (χ1v) is 7.75. The van der Waals surface area contributed by atoms with Gasteiger partial charge in [0.05, 0.1) is 11.0 Å². The SMILES string of the molecule is CNS(=O)(=O)c1ccc2oc(C(=O)NCC(C)O)cc2c1. The summed E-state index contributed by atoms with van der Waals surface area (Å²) in [5.74, 6) is -0.408. The van der Waals surface area contributed by atoms with Crippen LogP contribution >= 0.6 is 0 Å². The van der Waals surface area contributed by atoms with Crippen molar-refractivity contribution in [3.8, 4) is 0 Å². The minimum Gasteiger partial charge on any atom is -0.451 e. The molecule has 0 aliphatic heterocycles. The van der Waals surface area contributed by atoms with Crippen molar-refractivity contribution >= 4 is 26.9 Å². The number of furan rings is 1. The zero-order valence-corrected chi connectivity index (χ0v) is 12.4. The molecule has 2 rings (SSSR count). The van der Waals surface area contributed by atoms with Gasteiger partial charge >= 0.3 is 0 Å². The van der Waals surface area contributed by atoms with Gasteiger partial charge in [0, 0.05) is 11.9 Å². The van der Waals surface area contributed by atoms with Gasteiger partial charge in [-0.2, -0.15) is 0 Å². The monoisotopic (exact) mass is 312 g/mol. The van der Waals surface area contributed by atoms with Gasteiger partial charge in [0.2, 0.25) is 10.0 Å². The van der Waals surface area contributed by atoms with Crippen molar-refractivity contribution in [3.63, 3.8) is 0 Å². The number of rotatable bonds is 5. The van der Waals surface area contributed by atoms with Crippen LogP contribution in [0.15, 0.2) is 33.6 Å². The molecule has 2 aromatic rings. The second kappa shape index (κ2) is 5.84. The van der Waals surface area contributed by atoms with Crippen molar-refractivity contribution in [3.05, 3.63) is 30.0 Å². The van der Waals surface area contributed by atoms with Gasteiger partial charge in [-0.15, -0.1) is 0 Å². The molecule has 1 atom stereocenters. The highest BCUT2D eigenvalue weighted by atomic mass is 32.2. The number of aliphatic hydroxyl groups excluding tert-OH is 1. The number of benzene rings is 1. The Morgan fingerprint density at radius 1 is 1.38 bits per heavy atom. The topological polar surface area (TPSA) is 109 Å². The fourth-order valence-corrected chi connectivity index (χ4v) is 2.51. The smallest absolute Gasteiger partial charge is 0.287 e. The van der Waals surface area contributed by atoms with Gasteiger partial charge in [-0.05, 0) is 38.2 Å². The minimum atomic E-state index is -3.55. The molecular weight excluding hydrogens is 296 g/mol. The molecule has 7 nitrogen and oxygen atoms in total. The summed E-state index contributed by atoms with van der Waals surface area (Å²) in [6, 6.07) is 5.78. The van der Waals surface area contributed by atoms with Gasteiger partial charge in [0.1, 0.15) is 5.58 Å². The average Bonchev–Trinajstić information content (AvgIpc) is 2.87. The Balaban J connectivity index is 2.32. The number of sulfonamides is 1. The molecule has 0 bridgehead atoms. The van der Waals surface area contributed by atoms with E-state index < -0.39 is 22.0 Å². The normalized spacial score (nSPS) is 13.3. The Kier molecular flexibility index (Phi) is 4.31. The summed E-state index contributed by atoms with van der Waals surface area (Å²) < 4.78 is 31.0. The maximum absolute atomic E-state index is 11.8. The molecular formula is C13H16N2O5S. The fourth-order valence-electron chi connectivity index (χ4n) is 1.75. The lowest BCUT2D eigenvalue weighted by Crippen LogP contribution is -2.30. The average molecular weight is 312 g/mol. The summed E-state index contributed by atoms with van der Waals surface area (Å²) in [5, 5.41) is 12.1. The fraction of sp³-hybridized carbons (Fsp3) is 0.308. The van der Waals surface area contributed by atoms with E-state index in [0.717, 1.165) is 0 Å². The molecule has 1 aromatic carbocycles. The van der Waals surface area contributed by atoms with Crippen LogP contribution in [-0.2, 0) is 10.0 Å². The van der Waals surface area contributed by atoms with Gasteiger partial charge in [0.25, 0.3) is 5.91 Å². The van der Waals surface area contributed by atoms with Crippen LogP contribution in [0.1, 0.15) is 17.5 Å². The number of amides is 1. The molecule has 0 spiro atoms. The predicted octanol–water partition coefficient (Wildman–Crippen LogP) is 0.451. The molecule has 1 amide bonds. The maximum Gasteiger partial charge on any atom is 0.287 e. The number of hydrogen-bond acceptors (Lipinski definition) is 5. The quantitative estimate of drug-likeness (QED) is 0.743. The summed E-state index contributed by atoms with van der Waals surface area (Å²) in [6.45, 7) is 1.66. The summed E-state index contributed by atoms with van der Waals surface area (Å²) >= 11 is 0. The van der Waals surface area contributed by atoms with E-state index in [0.29, 0.717) is 11.0 Å². The number of fused-ring (bicyclic) bond motifs is 1. The van der Waals surface area contributed by atoms with Crippen molar-refractivity contribution in [2.24, 2.45) is 0 Å². The highest BCUT2D eigenvalue weighted by Gasteiger charge is 2.16. The second-order valence-corrected chi connectivity index (χ2v) is 6.46. The van der Waals surface area contributed by atoms with Crippen molar-refractivity contribution in [2.45, 2.75) is 17.9 Å². The molecule has 0 saturated carbocycles. The van der Waals surface area contributed by atoms with Crippen LogP contribution in [0.5, 0.6) is 0 Å². The first-order valence-electron chi connectivity index (χ1n) is 6.27. The lowest BCUT2D eigenvalue weighted by Gasteiger charge is -2.04. The van der Waals surface area contributed by atoms with Gasteiger partial charge in [-0.25, -0.2) is 13.1 Å². The predicted molar refractivity (Wildman–Crippen MR) is 76.5 cm³/mol. The molecule has 0 fully saturated rings.